The lowest BCUT2D eigenvalue weighted by atomic mass is 10.1. The van der Waals surface area contributed by atoms with Gasteiger partial charge in [0.15, 0.2) is 0 Å². The highest BCUT2D eigenvalue weighted by atomic mass is 32.2. The Morgan fingerprint density at radius 1 is 1.33 bits per heavy atom. The molecule has 0 aromatic heterocycles. The summed E-state index contributed by atoms with van der Waals surface area (Å²) in [7, 11) is -2.88. The summed E-state index contributed by atoms with van der Waals surface area (Å²) in [6.45, 7) is 7.69. The summed E-state index contributed by atoms with van der Waals surface area (Å²) < 4.78 is 22.5. The normalized spacial score (nSPS) is 24.7. The van der Waals surface area contributed by atoms with Crippen molar-refractivity contribution < 1.29 is 8.42 Å². The van der Waals surface area contributed by atoms with Crippen LogP contribution in [0.5, 0.6) is 0 Å². The molecule has 2 unspecified atom stereocenters. The van der Waals surface area contributed by atoms with Crippen molar-refractivity contribution in [3.63, 3.8) is 0 Å². The van der Waals surface area contributed by atoms with Crippen molar-refractivity contribution in [1.82, 2.24) is 10.2 Å². The number of rotatable bonds is 6. The van der Waals surface area contributed by atoms with E-state index in [1.807, 2.05) is 6.92 Å². The number of hydrogen-bond acceptors (Lipinski definition) is 4. The van der Waals surface area contributed by atoms with Crippen molar-refractivity contribution in [3.05, 3.63) is 0 Å². The number of likely N-dealkylation sites (tertiary alicyclic amines) is 1. The maximum Gasteiger partial charge on any atom is 0.148 e. The van der Waals surface area contributed by atoms with Crippen LogP contribution in [0.15, 0.2) is 0 Å². The van der Waals surface area contributed by atoms with Crippen LogP contribution in [0.4, 0.5) is 0 Å². The molecule has 18 heavy (non-hydrogen) atoms. The third kappa shape index (κ3) is 6.71. The second-order valence-corrected chi connectivity index (χ2v) is 7.81. The Bertz CT molecular complexity index is 330. The van der Waals surface area contributed by atoms with Crippen LogP contribution >= 0.6 is 0 Å². The first-order valence-corrected chi connectivity index (χ1v) is 9.13. The van der Waals surface area contributed by atoms with Gasteiger partial charge in [0.1, 0.15) is 9.84 Å². The molecule has 0 aromatic carbocycles. The van der Waals surface area contributed by atoms with Crippen LogP contribution in [-0.4, -0.2) is 57.0 Å². The quantitative estimate of drug-likeness (QED) is 0.794. The van der Waals surface area contributed by atoms with E-state index in [1.165, 1.54) is 32.2 Å². The van der Waals surface area contributed by atoms with Crippen LogP contribution in [0.25, 0.3) is 0 Å². The van der Waals surface area contributed by atoms with E-state index < -0.39 is 9.84 Å². The predicted molar refractivity (Wildman–Crippen MR) is 76.7 cm³/mol. The third-order valence-corrected chi connectivity index (χ3v) is 4.54. The molecule has 4 nitrogen and oxygen atoms in total. The lowest BCUT2D eigenvalue weighted by Gasteiger charge is -2.22. The van der Waals surface area contributed by atoms with Gasteiger partial charge in [-0.15, -0.1) is 0 Å². The Hall–Kier alpha value is -0.130. The lowest BCUT2D eigenvalue weighted by Crippen LogP contribution is -2.40. The van der Waals surface area contributed by atoms with E-state index in [4.69, 9.17) is 0 Å². The highest BCUT2D eigenvalue weighted by Crippen LogP contribution is 2.12. The van der Waals surface area contributed by atoms with E-state index in [9.17, 15) is 8.42 Å². The summed E-state index contributed by atoms with van der Waals surface area (Å²) in [6.07, 6.45) is 6.02. The summed E-state index contributed by atoms with van der Waals surface area (Å²) in [4.78, 5) is 2.52. The Labute approximate surface area is 112 Å². The molecule has 1 fully saturated rings. The summed E-state index contributed by atoms with van der Waals surface area (Å²) in [5.74, 6) is 0.238. The predicted octanol–water partition coefficient (Wildman–Crippen LogP) is 1.27. The lowest BCUT2D eigenvalue weighted by molar-refractivity contribution is 0.282. The molecule has 1 aliphatic heterocycles. The molecule has 1 saturated heterocycles. The Kier molecular flexibility index (Phi) is 6.60. The van der Waals surface area contributed by atoms with Crippen molar-refractivity contribution in [2.24, 2.45) is 0 Å². The molecular formula is C13H28N2O2S. The second-order valence-electron chi connectivity index (χ2n) is 5.63. The van der Waals surface area contributed by atoms with Crippen LogP contribution in [-0.2, 0) is 9.84 Å². The smallest absolute Gasteiger partial charge is 0.148 e. The minimum Gasteiger partial charge on any atom is -0.310 e. The van der Waals surface area contributed by atoms with Crippen molar-refractivity contribution in [3.8, 4) is 0 Å². The van der Waals surface area contributed by atoms with Crippen LogP contribution in [0.2, 0.25) is 0 Å². The fraction of sp³-hybridized carbons (Fsp3) is 1.00. The zero-order valence-electron chi connectivity index (χ0n) is 12.0. The van der Waals surface area contributed by atoms with Gasteiger partial charge in [-0.1, -0.05) is 6.92 Å². The SMILES string of the molecule is CCCN1CCCC(NC(C)CS(C)(=O)=O)CC1. The fourth-order valence-corrected chi connectivity index (χ4v) is 3.77. The van der Waals surface area contributed by atoms with Gasteiger partial charge in [-0.2, -0.15) is 0 Å². The van der Waals surface area contributed by atoms with E-state index >= 15 is 0 Å². The molecule has 0 radical (unpaired) electrons. The molecule has 0 amide bonds. The standard InChI is InChI=1S/C13H28N2O2S/c1-4-8-15-9-5-6-13(7-10-15)14-12(2)11-18(3,16)17/h12-14H,4-11H2,1-3H3. The van der Waals surface area contributed by atoms with Crippen LogP contribution in [0.1, 0.15) is 39.5 Å². The van der Waals surface area contributed by atoms with Gasteiger partial charge in [0, 0.05) is 18.3 Å². The monoisotopic (exact) mass is 276 g/mol. The van der Waals surface area contributed by atoms with Crippen LogP contribution in [0, 0.1) is 0 Å². The van der Waals surface area contributed by atoms with Gasteiger partial charge in [0.2, 0.25) is 0 Å². The minimum absolute atomic E-state index is 0.0581. The molecule has 0 aliphatic carbocycles. The number of hydrogen-bond donors (Lipinski definition) is 1. The molecule has 0 aromatic rings. The Morgan fingerprint density at radius 2 is 2.06 bits per heavy atom. The molecule has 1 aliphatic rings. The highest BCUT2D eigenvalue weighted by molar-refractivity contribution is 7.90. The van der Waals surface area contributed by atoms with Gasteiger partial charge in [0.05, 0.1) is 5.75 Å². The van der Waals surface area contributed by atoms with Crippen LogP contribution < -0.4 is 5.32 Å². The van der Waals surface area contributed by atoms with Gasteiger partial charge in [0.25, 0.3) is 0 Å². The molecule has 0 spiro atoms. The molecule has 108 valence electrons. The number of nitrogens with zero attached hydrogens (tertiary/aromatic N) is 1. The molecule has 1 N–H and O–H groups in total. The molecule has 2 atom stereocenters. The Morgan fingerprint density at radius 3 is 2.67 bits per heavy atom. The first-order valence-electron chi connectivity index (χ1n) is 7.07. The van der Waals surface area contributed by atoms with Gasteiger partial charge in [-0.05, 0) is 52.2 Å². The van der Waals surface area contributed by atoms with Crippen molar-refractivity contribution >= 4 is 9.84 Å². The third-order valence-electron chi connectivity index (χ3n) is 3.43. The van der Waals surface area contributed by atoms with E-state index in [2.05, 4.69) is 17.1 Å². The van der Waals surface area contributed by atoms with E-state index in [0.29, 0.717) is 6.04 Å². The number of sulfone groups is 1. The van der Waals surface area contributed by atoms with E-state index in [-0.39, 0.29) is 11.8 Å². The van der Waals surface area contributed by atoms with Gasteiger partial charge < -0.3 is 10.2 Å². The molecule has 1 heterocycles. The van der Waals surface area contributed by atoms with Crippen molar-refractivity contribution in [2.45, 2.75) is 51.6 Å². The van der Waals surface area contributed by atoms with Crippen molar-refractivity contribution in [2.75, 3.05) is 31.6 Å². The maximum absolute atomic E-state index is 11.2. The van der Waals surface area contributed by atoms with Gasteiger partial charge in [-0.25, -0.2) is 8.42 Å². The zero-order valence-corrected chi connectivity index (χ0v) is 12.8. The van der Waals surface area contributed by atoms with E-state index in [0.717, 1.165) is 19.4 Å². The molecule has 0 bridgehead atoms. The highest BCUT2D eigenvalue weighted by Gasteiger charge is 2.19. The fourth-order valence-electron chi connectivity index (χ4n) is 2.77. The topological polar surface area (TPSA) is 49.4 Å². The summed E-state index contributed by atoms with van der Waals surface area (Å²) >= 11 is 0. The zero-order chi connectivity index (χ0) is 13.6. The first kappa shape index (κ1) is 15.9. The van der Waals surface area contributed by atoms with Gasteiger partial charge in [-0.3, -0.25) is 0 Å². The molecule has 5 heteroatoms. The van der Waals surface area contributed by atoms with E-state index in [1.54, 1.807) is 0 Å². The summed E-state index contributed by atoms with van der Waals surface area (Å²) in [6, 6.07) is 0.534. The maximum atomic E-state index is 11.2. The molecule has 1 rings (SSSR count). The minimum atomic E-state index is -2.88. The average molecular weight is 276 g/mol. The Balaban J connectivity index is 2.35. The first-order chi connectivity index (χ1) is 8.40. The van der Waals surface area contributed by atoms with Crippen LogP contribution in [0.3, 0.4) is 0 Å². The van der Waals surface area contributed by atoms with Gasteiger partial charge >= 0.3 is 0 Å². The average Bonchev–Trinajstić information content (AvgIpc) is 2.42. The second kappa shape index (κ2) is 7.46. The molecular weight excluding hydrogens is 248 g/mol. The summed E-state index contributed by atoms with van der Waals surface area (Å²) in [5.41, 5.74) is 0. The molecule has 0 saturated carbocycles. The largest absolute Gasteiger partial charge is 0.310 e. The van der Waals surface area contributed by atoms with Crippen molar-refractivity contribution in [1.29, 1.82) is 0 Å². The summed E-state index contributed by atoms with van der Waals surface area (Å²) in [5, 5.41) is 3.47. The number of nitrogens with one attached hydrogen (secondary N) is 1.